The molecule has 7 heteroatoms. The van der Waals surface area contributed by atoms with Crippen molar-refractivity contribution in [2.75, 3.05) is 0 Å². The highest BCUT2D eigenvalue weighted by molar-refractivity contribution is 5.74. The zero-order valence-electron chi connectivity index (χ0n) is 11.2. The first-order valence-electron chi connectivity index (χ1n) is 6.28. The Morgan fingerprint density at radius 1 is 1.33 bits per heavy atom. The van der Waals surface area contributed by atoms with Crippen molar-refractivity contribution in [2.24, 2.45) is 5.73 Å². The van der Waals surface area contributed by atoms with Gasteiger partial charge in [0.25, 0.3) is 0 Å². The number of carbonyl (C=O) groups excluding carboxylic acids is 1. The van der Waals surface area contributed by atoms with Crippen LogP contribution < -0.4 is 5.73 Å². The van der Waals surface area contributed by atoms with Gasteiger partial charge in [0.15, 0.2) is 0 Å². The number of hydrogen-bond donors (Lipinski definition) is 2. The van der Waals surface area contributed by atoms with Gasteiger partial charge < -0.3 is 15.6 Å². The summed E-state index contributed by atoms with van der Waals surface area (Å²) in [5, 5.41) is 8.79. The third kappa shape index (κ3) is 3.90. The first-order chi connectivity index (χ1) is 10.1. The molecule has 2 rings (SSSR count). The van der Waals surface area contributed by atoms with Crippen LogP contribution in [-0.4, -0.2) is 32.8 Å². The van der Waals surface area contributed by atoms with E-state index in [0.717, 1.165) is 10.1 Å². The molecule has 3 N–H and O–H groups in total. The number of imidazole rings is 1. The Hall–Kier alpha value is -2.67. The van der Waals surface area contributed by atoms with Gasteiger partial charge >= 0.3 is 12.1 Å². The zero-order valence-corrected chi connectivity index (χ0v) is 11.2. The smallest absolute Gasteiger partial charge is 0.419 e. The number of nitrogens with zero attached hydrogens (tertiary/aromatic N) is 2. The normalized spacial score (nSPS) is 11.9. The number of aromatic nitrogens is 2. The minimum atomic E-state index is -1.14. The molecule has 1 heterocycles. The lowest BCUT2D eigenvalue weighted by atomic mass is 10.2. The molecule has 7 nitrogen and oxygen atoms in total. The molecule has 1 unspecified atom stereocenters. The molecule has 1 aromatic carbocycles. The van der Waals surface area contributed by atoms with Crippen LogP contribution in [0.3, 0.4) is 0 Å². The summed E-state index contributed by atoms with van der Waals surface area (Å²) in [4.78, 5) is 26.5. The van der Waals surface area contributed by atoms with Crippen LogP contribution in [0.2, 0.25) is 0 Å². The molecule has 0 saturated carbocycles. The molecule has 1 atom stereocenters. The average Bonchev–Trinajstić information content (AvgIpc) is 2.94. The van der Waals surface area contributed by atoms with Gasteiger partial charge in [0, 0.05) is 12.6 Å². The number of rotatable bonds is 5. The van der Waals surface area contributed by atoms with Crippen molar-refractivity contribution >= 4 is 12.1 Å². The molecule has 0 spiro atoms. The molecule has 0 radical (unpaired) electrons. The second-order valence-electron chi connectivity index (χ2n) is 4.44. The van der Waals surface area contributed by atoms with Crippen LogP contribution in [0.5, 0.6) is 0 Å². The SMILES string of the molecule is NC(Cc1cncn1C(=O)OCc1ccccc1)C(=O)O. The van der Waals surface area contributed by atoms with Gasteiger partial charge in [-0.05, 0) is 5.56 Å². The number of carboxylic acid groups (broad SMARTS) is 1. The van der Waals surface area contributed by atoms with Gasteiger partial charge in [-0.3, -0.25) is 4.79 Å². The Labute approximate surface area is 121 Å². The van der Waals surface area contributed by atoms with E-state index in [1.807, 2.05) is 30.3 Å². The van der Waals surface area contributed by atoms with Crippen LogP contribution in [-0.2, 0) is 22.6 Å². The van der Waals surface area contributed by atoms with Gasteiger partial charge in [-0.2, -0.15) is 0 Å². The maximum atomic E-state index is 12.0. The fraction of sp³-hybridized carbons (Fsp3) is 0.214. The van der Waals surface area contributed by atoms with Crippen molar-refractivity contribution in [3.63, 3.8) is 0 Å². The maximum Gasteiger partial charge on any atom is 0.419 e. The summed E-state index contributed by atoms with van der Waals surface area (Å²) in [6.07, 6.45) is 2.04. The van der Waals surface area contributed by atoms with E-state index >= 15 is 0 Å². The molecule has 0 saturated heterocycles. The van der Waals surface area contributed by atoms with Crippen LogP contribution in [0.15, 0.2) is 42.9 Å². The van der Waals surface area contributed by atoms with Gasteiger partial charge in [0.2, 0.25) is 0 Å². The average molecular weight is 289 g/mol. The highest BCUT2D eigenvalue weighted by Gasteiger charge is 2.18. The molecule has 0 fully saturated rings. The Kier molecular flexibility index (Phi) is 4.68. The van der Waals surface area contributed by atoms with Crippen molar-refractivity contribution in [3.8, 4) is 0 Å². The summed E-state index contributed by atoms with van der Waals surface area (Å²) in [6.45, 7) is 0.127. The van der Waals surface area contributed by atoms with Crippen LogP contribution in [0.4, 0.5) is 4.79 Å². The van der Waals surface area contributed by atoms with Crippen molar-refractivity contribution in [3.05, 3.63) is 54.1 Å². The van der Waals surface area contributed by atoms with Gasteiger partial charge in [-0.25, -0.2) is 14.3 Å². The number of carboxylic acids is 1. The van der Waals surface area contributed by atoms with Gasteiger partial charge in [-0.15, -0.1) is 0 Å². The topological polar surface area (TPSA) is 107 Å². The number of benzene rings is 1. The molecule has 0 aliphatic heterocycles. The van der Waals surface area contributed by atoms with Gasteiger partial charge in [-0.1, -0.05) is 30.3 Å². The largest absolute Gasteiger partial charge is 0.480 e. The summed E-state index contributed by atoms with van der Waals surface area (Å²) >= 11 is 0. The third-order valence-electron chi connectivity index (χ3n) is 2.86. The number of carbonyl (C=O) groups is 2. The summed E-state index contributed by atoms with van der Waals surface area (Å²) in [5.41, 5.74) is 6.70. The molecule has 0 aliphatic rings. The molecule has 0 aliphatic carbocycles. The van der Waals surface area contributed by atoms with Crippen molar-refractivity contribution < 1.29 is 19.4 Å². The quantitative estimate of drug-likeness (QED) is 0.851. The summed E-state index contributed by atoms with van der Waals surface area (Å²) < 4.78 is 6.31. The number of nitrogens with two attached hydrogens (primary N) is 1. The number of aliphatic carboxylic acids is 1. The zero-order chi connectivity index (χ0) is 15.2. The molecule has 0 amide bonds. The van der Waals surface area contributed by atoms with Crippen molar-refractivity contribution in [2.45, 2.75) is 19.1 Å². The molecule has 1 aromatic heterocycles. The standard InChI is InChI=1S/C14H15N3O4/c15-12(13(18)19)6-11-7-16-9-17(11)14(20)21-8-10-4-2-1-3-5-10/h1-5,7,9,12H,6,8,15H2,(H,18,19). The van der Waals surface area contributed by atoms with Crippen molar-refractivity contribution in [1.29, 1.82) is 0 Å². The van der Waals surface area contributed by atoms with E-state index in [0.29, 0.717) is 5.69 Å². The molecule has 110 valence electrons. The highest BCUT2D eigenvalue weighted by atomic mass is 16.5. The Balaban J connectivity index is 2.00. The number of hydrogen-bond acceptors (Lipinski definition) is 5. The maximum absolute atomic E-state index is 12.0. The fourth-order valence-electron chi connectivity index (χ4n) is 1.74. The van der Waals surface area contributed by atoms with Crippen LogP contribution in [0.1, 0.15) is 11.3 Å². The lowest BCUT2D eigenvalue weighted by Gasteiger charge is -2.10. The van der Waals surface area contributed by atoms with E-state index < -0.39 is 18.1 Å². The molecular weight excluding hydrogens is 274 g/mol. The van der Waals surface area contributed by atoms with Crippen LogP contribution in [0, 0.1) is 0 Å². The van der Waals surface area contributed by atoms with Crippen LogP contribution >= 0.6 is 0 Å². The van der Waals surface area contributed by atoms with Crippen LogP contribution in [0.25, 0.3) is 0 Å². The van der Waals surface area contributed by atoms with Gasteiger partial charge in [0.05, 0.1) is 5.69 Å². The third-order valence-corrected chi connectivity index (χ3v) is 2.86. The monoisotopic (exact) mass is 289 g/mol. The molecule has 21 heavy (non-hydrogen) atoms. The first kappa shape index (κ1) is 14.7. The van der Waals surface area contributed by atoms with E-state index in [9.17, 15) is 9.59 Å². The van der Waals surface area contributed by atoms with E-state index in [1.165, 1.54) is 12.5 Å². The van der Waals surface area contributed by atoms with Gasteiger partial charge in [0.1, 0.15) is 19.0 Å². The Morgan fingerprint density at radius 3 is 2.71 bits per heavy atom. The van der Waals surface area contributed by atoms with Crippen molar-refractivity contribution in [1.82, 2.24) is 9.55 Å². The van der Waals surface area contributed by atoms with E-state index in [4.69, 9.17) is 15.6 Å². The first-order valence-corrected chi connectivity index (χ1v) is 6.28. The Bertz CT molecular complexity index is 624. The lowest BCUT2D eigenvalue weighted by Crippen LogP contribution is -2.33. The second-order valence-corrected chi connectivity index (χ2v) is 4.44. The lowest BCUT2D eigenvalue weighted by molar-refractivity contribution is -0.138. The molecule has 2 aromatic rings. The van der Waals surface area contributed by atoms with E-state index in [-0.39, 0.29) is 13.0 Å². The number of ether oxygens (including phenoxy) is 1. The van der Waals surface area contributed by atoms with E-state index in [1.54, 1.807) is 0 Å². The molecular formula is C14H15N3O4. The second kappa shape index (κ2) is 6.67. The fourth-order valence-corrected chi connectivity index (χ4v) is 1.74. The summed E-state index contributed by atoms with van der Waals surface area (Å²) in [7, 11) is 0. The summed E-state index contributed by atoms with van der Waals surface area (Å²) in [5.74, 6) is -1.14. The summed E-state index contributed by atoms with van der Waals surface area (Å²) in [6, 6.07) is 8.13. The predicted octanol–water partition coefficient (Wildman–Crippen LogP) is 1.02. The van der Waals surface area contributed by atoms with E-state index in [2.05, 4.69) is 4.98 Å². The molecule has 0 bridgehead atoms. The predicted molar refractivity (Wildman–Crippen MR) is 73.6 cm³/mol. The minimum absolute atomic E-state index is 0.00420. The Morgan fingerprint density at radius 2 is 2.05 bits per heavy atom. The minimum Gasteiger partial charge on any atom is -0.480 e. The highest BCUT2D eigenvalue weighted by Crippen LogP contribution is 2.06.